The molecule has 0 saturated carbocycles. The van der Waals surface area contributed by atoms with Crippen LogP contribution in [-0.2, 0) is 11.3 Å². The molecule has 0 aromatic carbocycles. The van der Waals surface area contributed by atoms with E-state index >= 15 is 0 Å². The fourth-order valence-corrected chi connectivity index (χ4v) is 2.21. The molecular formula is C12H18N2O. The van der Waals surface area contributed by atoms with Crippen LogP contribution in [0.4, 0.5) is 0 Å². The van der Waals surface area contributed by atoms with Gasteiger partial charge < -0.3 is 4.74 Å². The van der Waals surface area contributed by atoms with Crippen LogP contribution in [-0.4, -0.2) is 36.2 Å². The summed E-state index contributed by atoms with van der Waals surface area (Å²) in [5, 5.41) is 0. The Hall–Kier alpha value is -0.930. The summed E-state index contributed by atoms with van der Waals surface area (Å²) in [6.45, 7) is 3.03. The second-order valence-electron chi connectivity index (χ2n) is 4.08. The standard InChI is InChI=1S/C12H18N2O/c1-15-10-12-5-3-7-14(12)9-11-4-2-6-13-8-11/h2,4,6,8,12H,3,5,7,9-10H2,1H3/t12-/m0/s1. The maximum absolute atomic E-state index is 5.24. The van der Waals surface area contributed by atoms with E-state index in [0.717, 1.165) is 13.2 Å². The van der Waals surface area contributed by atoms with Crippen molar-refractivity contribution in [2.75, 3.05) is 20.3 Å². The van der Waals surface area contributed by atoms with Gasteiger partial charge in [0.15, 0.2) is 0 Å². The Morgan fingerprint density at radius 1 is 1.60 bits per heavy atom. The number of methoxy groups -OCH3 is 1. The lowest BCUT2D eigenvalue weighted by molar-refractivity contribution is 0.112. The molecule has 0 amide bonds. The molecule has 1 atom stereocenters. The lowest BCUT2D eigenvalue weighted by atomic mass is 10.2. The summed E-state index contributed by atoms with van der Waals surface area (Å²) in [5.74, 6) is 0. The molecule has 0 spiro atoms. The molecular weight excluding hydrogens is 188 g/mol. The molecule has 0 bridgehead atoms. The van der Waals surface area contributed by atoms with E-state index in [1.54, 1.807) is 7.11 Å². The van der Waals surface area contributed by atoms with Gasteiger partial charge in [0.05, 0.1) is 6.61 Å². The van der Waals surface area contributed by atoms with E-state index in [1.807, 2.05) is 18.5 Å². The van der Waals surface area contributed by atoms with Crippen molar-refractivity contribution in [3.8, 4) is 0 Å². The molecule has 2 heterocycles. The molecule has 82 valence electrons. The fourth-order valence-electron chi connectivity index (χ4n) is 2.21. The van der Waals surface area contributed by atoms with Crippen molar-refractivity contribution >= 4 is 0 Å². The number of nitrogens with zero attached hydrogens (tertiary/aromatic N) is 2. The van der Waals surface area contributed by atoms with E-state index in [0.29, 0.717) is 6.04 Å². The maximum atomic E-state index is 5.24. The van der Waals surface area contributed by atoms with Crippen molar-refractivity contribution in [3.63, 3.8) is 0 Å². The number of likely N-dealkylation sites (tertiary alicyclic amines) is 1. The van der Waals surface area contributed by atoms with Gasteiger partial charge in [0.25, 0.3) is 0 Å². The summed E-state index contributed by atoms with van der Waals surface area (Å²) in [6, 6.07) is 4.72. The molecule has 0 aliphatic carbocycles. The first kappa shape index (κ1) is 10.6. The van der Waals surface area contributed by atoms with E-state index in [1.165, 1.54) is 24.9 Å². The van der Waals surface area contributed by atoms with Gasteiger partial charge in [0.2, 0.25) is 0 Å². The first-order valence-corrected chi connectivity index (χ1v) is 5.52. The van der Waals surface area contributed by atoms with Crippen molar-refractivity contribution in [3.05, 3.63) is 30.1 Å². The molecule has 1 saturated heterocycles. The third-order valence-corrected chi connectivity index (χ3v) is 2.97. The number of pyridine rings is 1. The first-order valence-electron chi connectivity index (χ1n) is 5.52. The van der Waals surface area contributed by atoms with E-state index in [2.05, 4.69) is 16.0 Å². The van der Waals surface area contributed by atoms with Crippen molar-refractivity contribution in [2.45, 2.75) is 25.4 Å². The van der Waals surface area contributed by atoms with E-state index < -0.39 is 0 Å². The number of aromatic nitrogens is 1. The molecule has 2 rings (SSSR count). The lowest BCUT2D eigenvalue weighted by Crippen LogP contribution is -2.32. The smallest absolute Gasteiger partial charge is 0.0618 e. The third kappa shape index (κ3) is 2.76. The molecule has 1 aromatic rings. The summed E-state index contributed by atoms with van der Waals surface area (Å²) in [4.78, 5) is 6.63. The predicted octanol–water partition coefficient (Wildman–Crippen LogP) is 1.69. The Kier molecular flexibility index (Phi) is 3.69. The Morgan fingerprint density at radius 2 is 2.53 bits per heavy atom. The van der Waals surface area contributed by atoms with Crippen LogP contribution >= 0.6 is 0 Å². The second-order valence-corrected chi connectivity index (χ2v) is 4.08. The van der Waals surface area contributed by atoms with E-state index in [9.17, 15) is 0 Å². The highest BCUT2D eigenvalue weighted by atomic mass is 16.5. The van der Waals surface area contributed by atoms with Gasteiger partial charge >= 0.3 is 0 Å². The van der Waals surface area contributed by atoms with Gasteiger partial charge in [-0.1, -0.05) is 6.07 Å². The molecule has 0 unspecified atom stereocenters. The van der Waals surface area contributed by atoms with Gasteiger partial charge in [-0.15, -0.1) is 0 Å². The fraction of sp³-hybridized carbons (Fsp3) is 0.583. The van der Waals surface area contributed by atoms with Gasteiger partial charge in [0.1, 0.15) is 0 Å². The lowest BCUT2D eigenvalue weighted by Gasteiger charge is -2.23. The Bertz CT molecular complexity index is 289. The minimum absolute atomic E-state index is 0.593. The monoisotopic (exact) mass is 206 g/mol. The highest BCUT2D eigenvalue weighted by Crippen LogP contribution is 2.19. The number of hydrogen-bond acceptors (Lipinski definition) is 3. The minimum atomic E-state index is 0.593. The Balaban J connectivity index is 1.93. The Labute approximate surface area is 91.1 Å². The van der Waals surface area contributed by atoms with Crippen LogP contribution in [0.1, 0.15) is 18.4 Å². The van der Waals surface area contributed by atoms with Gasteiger partial charge in [-0.3, -0.25) is 9.88 Å². The highest BCUT2D eigenvalue weighted by Gasteiger charge is 2.23. The Morgan fingerprint density at radius 3 is 3.27 bits per heavy atom. The summed E-state index contributed by atoms with van der Waals surface area (Å²) < 4.78 is 5.24. The summed E-state index contributed by atoms with van der Waals surface area (Å²) in [5.41, 5.74) is 1.29. The number of ether oxygens (including phenoxy) is 1. The number of rotatable bonds is 4. The van der Waals surface area contributed by atoms with Gasteiger partial charge in [0, 0.05) is 32.1 Å². The number of hydrogen-bond donors (Lipinski definition) is 0. The van der Waals surface area contributed by atoms with Crippen molar-refractivity contribution in [1.82, 2.24) is 9.88 Å². The molecule has 1 aromatic heterocycles. The quantitative estimate of drug-likeness (QED) is 0.749. The SMILES string of the molecule is COC[C@@H]1CCCN1Cc1cccnc1. The van der Waals surface area contributed by atoms with Crippen LogP contribution in [0.2, 0.25) is 0 Å². The van der Waals surface area contributed by atoms with Crippen LogP contribution in [0, 0.1) is 0 Å². The zero-order chi connectivity index (χ0) is 10.5. The largest absolute Gasteiger partial charge is 0.383 e. The predicted molar refractivity (Wildman–Crippen MR) is 59.5 cm³/mol. The zero-order valence-electron chi connectivity index (χ0n) is 9.22. The van der Waals surface area contributed by atoms with Crippen LogP contribution in [0.25, 0.3) is 0 Å². The molecule has 1 aliphatic rings. The van der Waals surface area contributed by atoms with Crippen molar-refractivity contribution in [1.29, 1.82) is 0 Å². The molecule has 3 nitrogen and oxygen atoms in total. The molecule has 0 N–H and O–H groups in total. The molecule has 0 radical (unpaired) electrons. The maximum Gasteiger partial charge on any atom is 0.0618 e. The average molecular weight is 206 g/mol. The zero-order valence-corrected chi connectivity index (χ0v) is 9.22. The summed E-state index contributed by atoms with van der Waals surface area (Å²) >= 11 is 0. The van der Waals surface area contributed by atoms with E-state index in [-0.39, 0.29) is 0 Å². The van der Waals surface area contributed by atoms with Crippen LogP contribution in [0.3, 0.4) is 0 Å². The van der Waals surface area contributed by atoms with Crippen LogP contribution < -0.4 is 0 Å². The summed E-state index contributed by atoms with van der Waals surface area (Å²) in [7, 11) is 1.78. The molecule has 15 heavy (non-hydrogen) atoms. The van der Waals surface area contributed by atoms with E-state index in [4.69, 9.17) is 4.74 Å². The van der Waals surface area contributed by atoms with Crippen LogP contribution in [0.15, 0.2) is 24.5 Å². The van der Waals surface area contributed by atoms with Crippen LogP contribution in [0.5, 0.6) is 0 Å². The van der Waals surface area contributed by atoms with Gasteiger partial charge in [-0.25, -0.2) is 0 Å². The van der Waals surface area contributed by atoms with Crippen molar-refractivity contribution in [2.24, 2.45) is 0 Å². The summed E-state index contributed by atoms with van der Waals surface area (Å²) in [6.07, 6.45) is 6.31. The van der Waals surface area contributed by atoms with Gasteiger partial charge in [-0.2, -0.15) is 0 Å². The minimum Gasteiger partial charge on any atom is -0.383 e. The molecule has 1 fully saturated rings. The van der Waals surface area contributed by atoms with Gasteiger partial charge in [-0.05, 0) is 31.0 Å². The van der Waals surface area contributed by atoms with Crippen molar-refractivity contribution < 1.29 is 4.74 Å². The average Bonchev–Trinajstić information content (AvgIpc) is 2.68. The first-order chi connectivity index (χ1) is 7.40. The highest BCUT2D eigenvalue weighted by molar-refractivity contribution is 5.08. The molecule has 3 heteroatoms. The third-order valence-electron chi connectivity index (χ3n) is 2.97. The topological polar surface area (TPSA) is 25.4 Å². The second kappa shape index (κ2) is 5.24. The normalized spacial score (nSPS) is 22.1. The molecule has 1 aliphatic heterocycles.